The van der Waals surface area contributed by atoms with Crippen LogP contribution in [0.2, 0.25) is 0 Å². The summed E-state index contributed by atoms with van der Waals surface area (Å²) in [5, 5.41) is 0. The average Bonchev–Trinajstić information content (AvgIpc) is 3.20. The van der Waals surface area contributed by atoms with Gasteiger partial charge in [-0.2, -0.15) is 0 Å². The maximum atomic E-state index is 12.2. The van der Waals surface area contributed by atoms with Gasteiger partial charge in [-0.25, -0.2) is 0 Å². The summed E-state index contributed by atoms with van der Waals surface area (Å²) in [4.78, 5) is 26.8. The summed E-state index contributed by atoms with van der Waals surface area (Å²) in [7, 11) is 1.52. The van der Waals surface area contributed by atoms with Crippen LogP contribution in [-0.2, 0) is 0 Å². The third-order valence-electron chi connectivity index (χ3n) is 3.81. The summed E-state index contributed by atoms with van der Waals surface area (Å²) in [6.07, 6.45) is 6.09. The first-order valence-corrected chi connectivity index (χ1v) is 8.70. The highest BCUT2D eigenvalue weighted by molar-refractivity contribution is 5.98. The summed E-state index contributed by atoms with van der Waals surface area (Å²) >= 11 is 0. The Morgan fingerprint density at radius 2 is 1.85 bits per heavy atom. The number of hydrogen-bond donors (Lipinski definition) is 3. The van der Waals surface area contributed by atoms with Crippen LogP contribution in [0.3, 0.4) is 0 Å². The average molecular weight is 359 g/mol. The quantitative estimate of drug-likeness (QED) is 0.474. The molecule has 7 heteroatoms. The van der Waals surface area contributed by atoms with Crippen molar-refractivity contribution >= 4 is 11.8 Å². The van der Waals surface area contributed by atoms with Crippen LogP contribution < -0.4 is 20.3 Å². The fourth-order valence-electron chi connectivity index (χ4n) is 2.36. The molecule has 0 aliphatic heterocycles. The third kappa shape index (κ3) is 5.54. The fraction of sp³-hybridized carbons (Fsp3) is 0.368. The summed E-state index contributed by atoms with van der Waals surface area (Å²) in [5.41, 5.74) is 5.43. The van der Waals surface area contributed by atoms with Gasteiger partial charge in [-0.15, -0.1) is 0 Å². The summed E-state index contributed by atoms with van der Waals surface area (Å²) in [6.45, 7) is 2.77. The van der Waals surface area contributed by atoms with Crippen LogP contribution in [0.15, 0.2) is 36.5 Å². The summed E-state index contributed by atoms with van der Waals surface area (Å²) < 4.78 is 11.0. The normalized spacial score (nSPS) is 10.2. The highest BCUT2D eigenvalue weighted by atomic mass is 16.5. The van der Waals surface area contributed by atoms with Gasteiger partial charge in [0.1, 0.15) is 5.69 Å². The number of benzene rings is 1. The van der Waals surface area contributed by atoms with E-state index in [0.717, 1.165) is 12.8 Å². The number of H-pyrrole nitrogens is 1. The molecule has 0 fully saturated rings. The Kier molecular flexibility index (Phi) is 7.54. The smallest absolute Gasteiger partial charge is 0.286 e. The number of rotatable bonds is 9. The van der Waals surface area contributed by atoms with Crippen LogP contribution in [0, 0.1) is 0 Å². The van der Waals surface area contributed by atoms with E-state index in [0.29, 0.717) is 29.4 Å². The second-order valence-electron chi connectivity index (χ2n) is 5.77. The van der Waals surface area contributed by atoms with Crippen molar-refractivity contribution in [3.05, 3.63) is 47.8 Å². The molecule has 1 aromatic heterocycles. The van der Waals surface area contributed by atoms with Gasteiger partial charge in [0.25, 0.3) is 11.8 Å². The van der Waals surface area contributed by atoms with Gasteiger partial charge in [0.05, 0.1) is 13.7 Å². The molecule has 2 amide bonds. The predicted molar refractivity (Wildman–Crippen MR) is 98.4 cm³/mol. The lowest BCUT2D eigenvalue weighted by atomic mass is 10.2. The number of hydrogen-bond acceptors (Lipinski definition) is 4. The first-order valence-electron chi connectivity index (χ1n) is 8.70. The highest BCUT2D eigenvalue weighted by Crippen LogP contribution is 2.28. The van der Waals surface area contributed by atoms with Crippen LogP contribution in [0.5, 0.6) is 11.5 Å². The van der Waals surface area contributed by atoms with E-state index in [2.05, 4.69) is 22.8 Å². The zero-order chi connectivity index (χ0) is 18.8. The topological polar surface area (TPSA) is 92.5 Å². The molecule has 0 radical (unpaired) electrons. The van der Waals surface area contributed by atoms with E-state index < -0.39 is 11.8 Å². The predicted octanol–water partition coefficient (Wildman–Crippen LogP) is 3.06. The maximum Gasteiger partial charge on any atom is 0.286 e. The van der Waals surface area contributed by atoms with E-state index >= 15 is 0 Å². The minimum absolute atomic E-state index is 0.354. The van der Waals surface area contributed by atoms with Crippen molar-refractivity contribution in [1.29, 1.82) is 0 Å². The minimum Gasteiger partial charge on any atom is -0.493 e. The molecular formula is C19H25N3O4. The number of carbonyl (C=O) groups excluding carboxylic acids is 2. The van der Waals surface area contributed by atoms with Crippen molar-refractivity contribution < 1.29 is 19.1 Å². The van der Waals surface area contributed by atoms with Crippen molar-refractivity contribution in [3.8, 4) is 11.5 Å². The molecule has 0 saturated carbocycles. The molecule has 2 rings (SSSR count). The first-order chi connectivity index (χ1) is 12.7. The molecule has 0 aliphatic carbocycles. The number of ether oxygens (including phenoxy) is 2. The molecule has 0 aliphatic rings. The Bertz CT molecular complexity index is 714. The van der Waals surface area contributed by atoms with Crippen molar-refractivity contribution in [3.63, 3.8) is 0 Å². The van der Waals surface area contributed by atoms with Crippen molar-refractivity contribution in [2.24, 2.45) is 0 Å². The number of carbonyl (C=O) groups is 2. The maximum absolute atomic E-state index is 12.2. The Morgan fingerprint density at radius 3 is 2.54 bits per heavy atom. The number of nitrogens with one attached hydrogen (secondary N) is 3. The van der Waals surface area contributed by atoms with E-state index in [1.54, 1.807) is 36.5 Å². The number of amides is 2. The monoisotopic (exact) mass is 359 g/mol. The zero-order valence-corrected chi connectivity index (χ0v) is 15.1. The van der Waals surface area contributed by atoms with Crippen molar-refractivity contribution in [2.75, 3.05) is 13.7 Å². The van der Waals surface area contributed by atoms with Crippen LogP contribution in [-0.4, -0.2) is 30.5 Å². The van der Waals surface area contributed by atoms with E-state index in [-0.39, 0.29) is 0 Å². The second-order valence-corrected chi connectivity index (χ2v) is 5.77. The van der Waals surface area contributed by atoms with Gasteiger partial charge in [0.2, 0.25) is 0 Å². The lowest BCUT2D eigenvalue weighted by Gasteiger charge is -2.12. The number of methoxy groups -OCH3 is 1. The van der Waals surface area contributed by atoms with E-state index in [4.69, 9.17) is 9.47 Å². The Balaban J connectivity index is 1.90. The summed E-state index contributed by atoms with van der Waals surface area (Å²) in [5.74, 6) is 0.194. The molecule has 0 spiro atoms. The van der Waals surface area contributed by atoms with Gasteiger partial charge in [-0.05, 0) is 36.8 Å². The minimum atomic E-state index is -0.447. The molecule has 0 bridgehead atoms. The van der Waals surface area contributed by atoms with Crippen molar-refractivity contribution in [2.45, 2.75) is 32.6 Å². The molecule has 26 heavy (non-hydrogen) atoms. The van der Waals surface area contributed by atoms with Crippen LogP contribution >= 0.6 is 0 Å². The van der Waals surface area contributed by atoms with Gasteiger partial charge >= 0.3 is 0 Å². The standard InChI is InChI=1S/C19H25N3O4/c1-3-4-5-6-12-26-16-10-9-14(13-17(16)25-2)18(23)21-22-19(24)15-8-7-11-20-15/h7-11,13,20H,3-6,12H2,1-2H3,(H,21,23)(H,22,24). The number of unbranched alkanes of at least 4 members (excludes halogenated alkanes) is 3. The number of hydrazine groups is 1. The molecule has 0 atom stereocenters. The third-order valence-corrected chi connectivity index (χ3v) is 3.81. The van der Waals surface area contributed by atoms with Gasteiger partial charge < -0.3 is 14.5 Å². The molecule has 1 aromatic carbocycles. The van der Waals surface area contributed by atoms with Gasteiger partial charge in [-0.3, -0.25) is 20.4 Å². The lowest BCUT2D eigenvalue weighted by molar-refractivity contribution is 0.0844. The Labute approximate surface area is 153 Å². The number of aromatic nitrogens is 1. The first kappa shape index (κ1) is 19.4. The van der Waals surface area contributed by atoms with Crippen LogP contribution in [0.1, 0.15) is 53.5 Å². The molecular weight excluding hydrogens is 334 g/mol. The van der Waals surface area contributed by atoms with Crippen LogP contribution in [0.4, 0.5) is 0 Å². The van der Waals surface area contributed by atoms with Gasteiger partial charge in [0, 0.05) is 11.8 Å². The second kappa shape index (κ2) is 10.1. The molecule has 3 N–H and O–H groups in total. The highest BCUT2D eigenvalue weighted by Gasteiger charge is 2.13. The number of aromatic amines is 1. The van der Waals surface area contributed by atoms with E-state index in [1.165, 1.54) is 20.0 Å². The zero-order valence-electron chi connectivity index (χ0n) is 15.1. The molecule has 2 aromatic rings. The molecule has 0 unspecified atom stereocenters. The lowest BCUT2D eigenvalue weighted by Crippen LogP contribution is -2.41. The van der Waals surface area contributed by atoms with Crippen LogP contribution in [0.25, 0.3) is 0 Å². The van der Waals surface area contributed by atoms with Gasteiger partial charge in [-0.1, -0.05) is 26.2 Å². The molecule has 1 heterocycles. The summed E-state index contributed by atoms with van der Waals surface area (Å²) in [6, 6.07) is 8.21. The largest absolute Gasteiger partial charge is 0.493 e. The molecule has 0 saturated heterocycles. The van der Waals surface area contributed by atoms with Gasteiger partial charge in [0.15, 0.2) is 11.5 Å². The Hall–Kier alpha value is -2.96. The fourth-order valence-corrected chi connectivity index (χ4v) is 2.36. The van der Waals surface area contributed by atoms with Crippen molar-refractivity contribution in [1.82, 2.24) is 15.8 Å². The van der Waals surface area contributed by atoms with E-state index in [1.807, 2.05) is 0 Å². The van der Waals surface area contributed by atoms with E-state index in [9.17, 15) is 9.59 Å². The Morgan fingerprint density at radius 1 is 1.04 bits per heavy atom. The molecule has 7 nitrogen and oxygen atoms in total. The molecule has 140 valence electrons. The SMILES string of the molecule is CCCCCCOc1ccc(C(=O)NNC(=O)c2ccc[nH]2)cc1OC.